The summed E-state index contributed by atoms with van der Waals surface area (Å²) in [6, 6.07) is 2.95. The Balaban J connectivity index is 2.09. The lowest BCUT2D eigenvalue weighted by molar-refractivity contribution is 0.266. The molecule has 0 amide bonds. The second-order valence-corrected chi connectivity index (χ2v) is 5.26. The van der Waals surface area contributed by atoms with Gasteiger partial charge in [-0.05, 0) is 38.1 Å². The van der Waals surface area contributed by atoms with Gasteiger partial charge < -0.3 is 15.2 Å². The first-order chi connectivity index (χ1) is 10.1. The van der Waals surface area contributed by atoms with Gasteiger partial charge in [-0.3, -0.25) is 4.90 Å². The van der Waals surface area contributed by atoms with Gasteiger partial charge in [-0.25, -0.2) is 4.39 Å². The molecule has 0 spiro atoms. The van der Waals surface area contributed by atoms with Crippen LogP contribution in [0.15, 0.2) is 18.7 Å². The van der Waals surface area contributed by atoms with Crippen molar-refractivity contribution in [3.63, 3.8) is 0 Å². The van der Waals surface area contributed by atoms with Crippen LogP contribution in [-0.4, -0.2) is 42.8 Å². The van der Waals surface area contributed by atoms with E-state index in [1.807, 2.05) is 0 Å². The summed E-state index contributed by atoms with van der Waals surface area (Å²) in [5.41, 5.74) is 0.769. The Kier molecular flexibility index (Phi) is 5.07. The Morgan fingerprint density at radius 2 is 2.33 bits per heavy atom. The van der Waals surface area contributed by atoms with E-state index in [0.29, 0.717) is 17.3 Å². The zero-order valence-electron chi connectivity index (χ0n) is 12.7. The fourth-order valence-electron chi connectivity index (χ4n) is 2.91. The lowest BCUT2D eigenvalue weighted by Crippen LogP contribution is -2.37. The van der Waals surface area contributed by atoms with E-state index < -0.39 is 5.82 Å². The van der Waals surface area contributed by atoms with E-state index in [1.165, 1.54) is 25.7 Å². The molecule has 116 valence electrons. The van der Waals surface area contributed by atoms with Gasteiger partial charge in [-0.2, -0.15) is 0 Å². The van der Waals surface area contributed by atoms with Gasteiger partial charge >= 0.3 is 0 Å². The van der Waals surface area contributed by atoms with Gasteiger partial charge in [0, 0.05) is 18.3 Å². The molecule has 5 heteroatoms. The van der Waals surface area contributed by atoms with Crippen molar-refractivity contribution in [2.24, 2.45) is 0 Å². The summed E-state index contributed by atoms with van der Waals surface area (Å²) < 4.78 is 18.8. The second-order valence-electron chi connectivity index (χ2n) is 5.26. The maximum atomic E-state index is 13.7. The molecule has 0 radical (unpaired) electrons. The van der Waals surface area contributed by atoms with Crippen LogP contribution in [0.25, 0.3) is 5.70 Å². The number of likely N-dealkylation sites (N-methyl/N-ethyl adjacent to an activating group) is 1. The molecule has 0 saturated carbocycles. The van der Waals surface area contributed by atoms with Gasteiger partial charge in [-0.1, -0.05) is 13.5 Å². The normalized spacial score (nSPS) is 18.7. The Morgan fingerprint density at radius 3 is 3.00 bits per heavy atom. The maximum Gasteiger partial charge on any atom is 0.167 e. The predicted molar refractivity (Wildman–Crippen MR) is 81.9 cm³/mol. The first kappa shape index (κ1) is 15.6. The van der Waals surface area contributed by atoms with E-state index in [9.17, 15) is 9.50 Å². The average Bonchev–Trinajstić information content (AvgIpc) is 2.94. The predicted octanol–water partition coefficient (Wildman–Crippen LogP) is 2.58. The van der Waals surface area contributed by atoms with Crippen LogP contribution in [-0.2, 0) is 0 Å². The lowest BCUT2D eigenvalue weighted by Gasteiger charge is -2.24. The SMILES string of the molecule is C=C(NCC1CCCN1CC)c1c(O)ccc(F)c1OC. The lowest BCUT2D eigenvalue weighted by atomic mass is 10.1. The summed E-state index contributed by atoms with van der Waals surface area (Å²) in [6.45, 7) is 8.92. The van der Waals surface area contributed by atoms with Crippen LogP contribution in [0.2, 0.25) is 0 Å². The van der Waals surface area contributed by atoms with Crippen LogP contribution in [0.5, 0.6) is 11.5 Å². The quantitative estimate of drug-likeness (QED) is 0.846. The van der Waals surface area contributed by atoms with Crippen molar-refractivity contribution in [3.05, 3.63) is 30.1 Å². The van der Waals surface area contributed by atoms with Gasteiger partial charge in [-0.15, -0.1) is 0 Å². The molecule has 1 heterocycles. The minimum absolute atomic E-state index is 0.0197. The Bertz CT molecular complexity index is 519. The number of hydrogen-bond acceptors (Lipinski definition) is 4. The molecule has 1 unspecified atom stereocenters. The highest BCUT2D eigenvalue weighted by atomic mass is 19.1. The van der Waals surface area contributed by atoms with Crippen LogP contribution < -0.4 is 10.1 Å². The first-order valence-corrected chi connectivity index (χ1v) is 7.31. The first-order valence-electron chi connectivity index (χ1n) is 7.31. The second kappa shape index (κ2) is 6.80. The van der Waals surface area contributed by atoms with Crippen molar-refractivity contribution in [1.82, 2.24) is 10.2 Å². The molecular formula is C16H23FN2O2. The van der Waals surface area contributed by atoms with E-state index in [4.69, 9.17) is 4.74 Å². The Morgan fingerprint density at radius 1 is 1.57 bits per heavy atom. The van der Waals surface area contributed by atoms with Crippen molar-refractivity contribution < 1.29 is 14.2 Å². The molecule has 0 aromatic heterocycles. The molecule has 1 aliphatic heterocycles. The third-order valence-corrected chi connectivity index (χ3v) is 4.05. The summed E-state index contributed by atoms with van der Waals surface area (Å²) in [7, 11) is 1.38. The number of ether oxygens (including phenoxy) is 1. The molecule has 1 aromatic rings. The number of nitrogens with zero attached hydrogens (tertiary/aromatic N) is 1. The van der Waals surface area contributed by atoms with Crippen LogP contribution in [0.4, 0.5) is 4.39 Å². The Hall–Kier alpha value is -1.75. The number of hydrogen-bond donors (Lipinski definition) is 2. The van der Waals surface area contributed by atoms with E-state index in [-0.39, 0.29) is 11.5 Å². The van der Waals surface area contributed by atoms with Crippen LogP contribution >= 0.6 is 0 Å². The molecule has 1 aliphatic rings. The Labute approximate surface area is 125 Å². The molecule has 1 saturated heterocycles. The van der Waals surface area contributed by atoms with Gasteiger partial charge in [0.1, 0.15) is 5.75 Å². The van der Waals surface area contributed by atoms with Crippen molar-refractivity contribution in [2.45, 2.75) is 25.8 Å². The zero-order valence-corrected chi connectivity index (χ0v) is 12.7. The number of nitrogens with one attached hydrogen (secondary N) is 1. The summed E-state index contributed by atoms with van der Waals surface area (Å²) >= 11 is 0. The maximum absolute atomic E-state index is 13.7. The number of halogens is 1. The van der Waals surface area contributed by atoms with Gasteiger partial charge in [0.05, 0.1) is 12.7 Å². The van der Waals surface area contributed by atoms with Crippen molar-refractivity contribution >= 4 is 5.70 Å². The molecule has 2 rings (SSSR count). The minimum atomic E-state index is -0.510. The molecule has 2 N–H and O–H groups in total. The number of phenolic OH excluding ortho intramolecular Hbond substituents is 1. The molecule has 21 heavy (non-hydrogen) atoms. The summed E-state index contributed by atoms with van der Waals surface area (Å²) in [5.74, 6) is -0.528. The zero-order chi connectivity index (χ0) is 15.4. The molecule has 1 fully saturated rings. The number of rotatable bonds is 6. The van der Waals surface area contributed by atoms with Crippen molar-refractivity contribution in [3.8, 4) is 11.5 Å². The van der Waals surface area contributed by atoms with E-state index in [1.54, 1.807) is 0 Å². The molecule has 1 atom stereocenters. The van der Waals surface area contributed by atoms with Gasteiger partial charge in [0.15, 0.2) is 11.6 Å². The van der Waals surface area contributed by atoms with Crippen molar-refractivity contribution in [1.29, 1.82) is 0 Å². The topological polar surface area (TPSA) is 44.7 Å². The largest absolute Gasteiger partial charge is 0.507 e. The van der Waals surface area contributed by atoms with Crippen molar-refractivity contribution in [2.75, 3.05) is 26.7 Å². The monoisotopic (exact) mass is 294 g/mol. The van der Waals surface area contributed by atoms with Crippen LogP contribution in [0, 0.1) is 5.82 Å². The van der Waals surface area contributed by atoms with Gasteiger partial charge in [0.2, 0.25) is 0 Å². The van der Waals surface area contributed by atoms with E-state index in [0.717, 1.165) is 26.1 Å². The van der Waals surface area contributed by atoms with E-state index in [2.05, 4.69) is 23.7 Å². The smallest absolute Gasteiger partial charge is 0.167 e. The highest BCUT2D eigenvalue weighted by Crippen LogP contribution is 2.34. The third-order valence-electron chi connectivity index (χ3n) is 4.05. The fraction of sp³-hybridized carbons (Fsp3) is 0.500. The molecule has 1 aromatic carbocycles. The molecule has 4 nitrogen and oxygen atoms in total. The summed E-state index contributed by atoms with van der Waals surface area (Å²) in [4.78, 5) is 2.41. The highest BCUT2D eigenvalue weighted by molar-refractivity contribution is 5.72. The minimum Gasteiger partial charge on any atom is -0.507 e. The van der Waals surface area contributed by atoms with Crippen LogP contribution in [0.3, 0.4) is 0 Å². The van der Waals surface area contributed by atoms with Crippen LogP contribution in [0.1, 0.15) is 25.3 Å². The number of methoxy groups -OCH3 is 1. The van der Waals surface area contributed by atoms with E-state index >= 15 is 0 Å². The summed E-state index contributed by atoms with van der Waals surface area (Å²) in [6.07, 6.45) is 2.33. The fourth-order valence-corrected chi connectivity index (χ4v) is 2.91. The molecular weight excluding hydrogens is 271 g/mol. The summed E-state index contributed by atoms with van der Waals surface area (Å²) in [5, 5.41) is 13.2. The molecule has 0 aliphatic carbocycles. The highest BCUT2D eigenvalue weighted by Gasteiger charge is 2.23. The number of aromatic hydroxyl groups is 1. The molecule has 0 bridgehead atoms. The van der Waals surface area contributed by atoms with Gasteiger partial charge in [0.25, 0.3) is 0 Å². The average molecular weight is 294 g/mol. The number of phenols is 1. The number of benzene rings is 1. The third kappa shape index (κ3) is 3.29. The standard InChI is InChI=1S/C16H23FN2O2/c1-4-19-9-5-6-12(19)10-18-11(2)15-14(20)8-7-13(17)16(15)21-3/h7-8,12,18,20H,2,4-6,9-10H2,1,3H3. The number of likely N-dealkylation sites (tertiary alicyclic amines) is 1.